The van der Waals surface area contributed by atoms with Crippen molar-refractivity contribution in [2.24, 2.45) is 0 Å². The van der Waals surface area contributed by atoms with Crippen molar-refractivity contribution in [2.75, 3.05) is 6.54 Å². The Bertz CT molecular complexity index is 522. The van der Waals surface area contributed by atoms with Crippen molar-refractivity contribution in [3.05, 3.63) is 70.5 Å². The van der Waals surface area contributed by atoms with E-state index in [0.29, 0.717) is 0 Å². The van der Waals surface area contributed by atoms with Gasteiger partial charge < -0.3 is 5.32 Å². The van der Waals surface area contributed by atoms with Gasteiger partial charge in [-0.2, -0.15) is 0 Å². The summed E-state index contributed by atoms with van der Waals surface area (Å²) in [5.41, 5.74) is 2.32. The Hall–Kier alpha value is -1.38. The summed E-state index contributed by atoms with van der Waals surface area (Å²) < 4.78 is 13.0. The van der Waals surface area contributed by atoms with Gasteiger partial charge in [0, 0.05) is 11.1 Å². The van der Waals surface area contributed by atoms with Crippen LogP contribution in [-0.4, -0.2) is 6.54 Å². The molecule has 0 aliphatic rings. The van der Waals surface area contributed by atoms with Gasteiger partial charge in [-0.15, -0.1) is 0 Å². The molecule has 1 nitrogen and oxygen atoms in total. The standard InChI is InChI=1S/C17H19ClFN/c1-2-11-20-17(14-5-9-16(19)10-6-14)12-13-3-7-15(18)8-4-13/h3-10,17,20H,2,11-12H2,1H3. The fraction of sp³-hybridized carbons (Fsp3) is 0.294. The zero-order chi connectivity index (χ0) is 14.4. The van der Waals surface area contributed by atoms with Gasteiger partial charge in [-0.05, 0) is 54.8 Å². The van der Waals surface area contributed by atoms with Crippen LogP contribution in [0.3, 0.4) is 0 Å². The van der Waals surface area contributed by atoms with Gasteiger partial charge in [0.05, 0.1) is 0 Å². The molecule has 0 aromatic heterocycles. The zero-order valence-corrected chi connectivity index (χ0v) is 12.3. The summed E-state index contributed by atoms with van der Waals surface area (Å²) in [6, 6.07) is 14.8. The lowest BCUT2D eigenvalue weighted by molar-refractivity contribution is 0.527. The highest BCUT2D eigenvalue weighted by Gasteiger charge is 2.11. The van der Waals surface area contributed by atoms with E-state index in [9.17, 15) is 4.39 Å². The van der Waals surface area contributed by atoms with E-state index < -0.39 is 0 Å². The molecule has 0 heterocycles. The molecular formula is C17H19ClFN. The maximum Gasteiger partial charge on any atom is 0.123 e. The smallest absolute Gasteiger partial charge is 0.123 e. The van der Waals surface area contributed by atoms with Crippen LogP contribution in [0.2, 0.25) is 5.02 Å². The van der Waals surface area contributed by atoms with E-state index in [1.54, 1.807) is 0 Å². The third-order valence-corrected chi connectivity index (χ3v) is 3.52. The molecule has 2 aromatic rings. The largest absolute Gasteiger partial charge is 0.310 e. The SMILES string of the molecule is CCCNC(Cc1ccc(Cl)cc1)c1ccc(F)cc1. The van der Waals surface area contributed by atoms with Gasteiger partial charge in [0.15, 0.2) is 0 Å². The number of nitrogens with one attached hydrogen (secondary N) is 1. The summed E-state index contributed by atoms with van der Waals surface area (Å²) in [6.45, 7) is 3.08. The fourth-order valence-electron chi connectivity index (χ4n) is 2.18. The molecule has 2 rings (SSSR count). The third-order valence-electron chi connectivity index (χ3n) is 3.27. The third kappa shape index (κ3) is 4.32. The van der Waals surface area contributed by atoms with Crippen LogP contribution < -0.4 is 5.32 Å². The molecular weight excluding hydrogens is 273 g/mol. The van der Waals surface area contributed by atoms with Crippen molar-refractivity contribution >= 4 is 11.6 Å². The average Bonchev–Trinajstić information content (AvgIpc) is 2.46. The van der Waals surface area contributed by atoms with Crippen LogP contribution in [0.4, 0.5) is 4.39 Å². The lowest BCUT2D eigenvalue weighted by atomic mass is 9.98. The maximum atomic E-state index is 13.0. The molecule has 1 N–H and O–H groups in total. The monoisotopic (exact) mass is 291 g/mol. The Kier molecular flexibility index (Phi) is 5.57. The molecule has 1 atom stereocenters. The molecule has 0 saturated carbocycles. The molecule has 1 unspecified atom stereocenters. The van der Waals surface area contributed by atoms with E-state index in [0.717, 1.165) is 30.0 Å². The summed E-state index contributed by atoms with van der Waals surface area (Å²) in [5.74, 6) is -0.200. The van der Waals surface area contributed by atoms with Crippen LogP contribution >= 0.6 is 11.6 Å². The van der Waals surface area contributed by atoms with E-state index in [1.165, 1.54) is 17.7 Å². The van der Waals surface area contributed by atoms with Crippen molar-refractivity contribution in [1.82, 2.24) is 5.32 Å². The first-order valence-electron chi connectivity index (χ1n) is 6.92. The molecule has 0 radical (unpaired) electrons. The van der Waals surface area contributed by atoms with Crippen LogP contribution in [0.25, 0.3) is 0 Å². The highest BCUT2D eigenvalue weighted by atomic mass is 35.5. The molecule has 20 heavy (non-hydrogen) atoms. The average molecular weight is 292 g/mol. The first kappa shape index (κ1) is 15.0. The molecule has 106 valence electrons. The van der Waals surface area contributed by atoms with E-state index in [4.69, 9.17) is 11.6 Å². The molecule has 0 spiro atoms. The Morgan fingerprint density at radius 1 is 1.05 bits per heavy atom. The Morgan fingerprint density at radius 3 is 2.30 bits per heavy atom. The van der Waals surface area contributed by atoms with E-state index in [2.05, 4.69) is 12.2 Å². The minimum atomic E-state index is -0.200. The zero-order valence-electron chi connectivity index (χ0n) is 11.6. The second-order valence-corrected chi connectivity index (χ2v) is 5.33. The van der Waals surface area contributed by atoms with Crippen LogP contribution in [0.5, 0.6) is 0 Å². The van der Waals surface area contributed by atoms with Crippen LogP contribution in [0.1, 0.15) is 30.5 Å². The van der Waals surface area contributed by atoms with Crippen molar-refractivity contribution in [3.8, 4) is 0 Å². The summed E-state index contributed by atoms with van der Waals surface area (Å²) in [5, 5.41) is 4.26. The number of halogens is 2. The lowest BCUT2D eigenvalue weighted by Crippen LogP contribution is -2.24. The molecule has 2 aromatic carbocycles. The van der Waals surface area contributed by atoms with Crippen LogP contribution in [0, 0.1) is 5.82 Å². The first-order chi connectivity index (χ1) is 9.69. The normalized spacial score (nSPS) is 12.3. The van der Waals surface area contributed by atoms with Gasteiger partial charge in [0.2, 0.25) is 0 Å². The van der Waals surface area contributed by atoms with Gasteiger partial charge in [-0.3, -0.25) is 0 Å². The molecule has 0 fully saturated rings. The summed E-state index contributed by atoms with van der Waals surface area (Å²) in [4.78, 5) is 0. The number of hydrogen-bond donors (Lipinski definition) is 1. The molecule has 3 heteroatoms. The Morgan fingerprint density at radius 2 is 1.70 bits per heavy atom. The number of rotatable bonds is 6. The molecule has 0 aliphatic carbocycles. The van der Waals surface area contributed by atoms with Gasteiger partial charge in [0.1, 0.15) is 5.82 Å². The minimum absolute atomic E-state index is 0.191. The van der Waals surface area contributed by atoms with Crippen LogP contribution in [-0.2, 0) is 6.42 Å². The first-order valence-corrected chi connectivity index (χ1v) is 7.30. The van der Waals surface area contributed by atoms with E-state index in [1.807, 2.05) is 36.4 Å². The molecule has 0 saturated heterocycles. The summed E-state index contributed by atoms with van der Waals surface area (Å²) >= 11 is 5.91. The van der Waals surface area contributed by atoms with E-state index >= 15 is 0 Å². The topological polar surface area (TPSA) is 12.0 Å². The van der Waals surface area contributed by atoms with Gasteiger partial charge >= 0.3 is 0 Å². The highest BCUT2D eigenvalue weighted by Crippen LogP contribution is 2.20. The van der Waals surface area contributed by atoms with Crippen molar-refractivity contribution in [2.45, 2.75) is 25.8 Å². The van der Waals surface area contributed by atoms with E-state index in [-0.39, 0.29) is 11.9 Å². The quantitative estimate of drug-likeness (QED) is 0.809. The van der Waals surface area contributed by atoms with Gasteiger partial charge in [-0.25, -0.2) is 4.39 Å². The van der Waals surface area contributed by atoms with Gasteiger partial charge in [0.25, 0.3) is 0 Å². The lowest BCUT2D eigenvalue weighted by Gasteiger charge is -2.19. The maximum absolute atomic E-state index is 13.0. The predicted octanol–water partition coefficient (Wildman–Crippen LogP) is 4.76. The fourth-order valence-corrected chi connectivity index (χ4v) is 2.30. The van der Waals surface area contributed by atoms with Crippen molar-refractivity contribution in [1.29, 1.82) is 0 Å². The second-order valence-electron chi connectivity index (χ2n) is 4.89. The Balaban J connectivity index is 2.14. The van der Waals surface area contributed by atoms with Gasteiger partial charge in [-0.1, -0.05) is 42.8 Å². The summed E-state index contributed by atoms with van der Waals surface area (Å²) in [6.07, 6.45) is 1.93. The molecule has 0 aliphatic heterocycles. The van der Waals surface area contributed by atoms with Crippen LogP contribution in [0.15, 0.2) is 48.5 Å². The second kappa shape index (κ2) is 7.41. The summed E-state index contributed by atoms with van der Waals surface area (Å²) in [7, 11) is 0. The van der Waals surface area contributed by atoms with Crippen molar-refractivity contribution < 1.29 is 4.39 Å². The highest BCUT2D eigenvalue weighted by molar-refractivity contribution is 6.30. The molecule has 0 bridgehead atoms. The van der Waals surface area contributed by atoms with Crippen molar-refractivity contribution in [3.63, 3.8) is 0 Å². The minimum Gasteiger partial charge on any atom is -0.310 e. The number of hydrogen-bond acceptors (Lipinski definition) is 1. The predicted molar refractivity (Wildman–Crippen MR) is 82.6 cm³/mol. The molecule has 0 amide bonds. The number of benzene rings is 2. The Labute approximate surface area is 124 Å².